The number of ether oxygens (including phenoxy) is 1. The van der Waals surface area contributed by atoms with Crippen molar-refractivity contribution >= 4 is 39.7 Å². The van der Waals surface area contributed by atoms with Crippen molar-refractivity contribution in [1.29, 1.82) is 0 Å². The topological polar surface area (TPSA) is 31.4 Å². The third-order valence-electron chi connectivity index (χ3n) is 6.34. The fourth-order valence-corrected chi connectivity index (χ4v) is 4.37. The summed E-state index contributed by atoms with van der Waals surface area (Å²) in [5.41, 5.74) is 5.45. The van der Waals surface area contributed by atoms with Crippen LogP contribution in [0.4, 0.5) is 22.7 Å². The highest BCUT2D eigenvalue weighted by Gasteiger charge is 2.25. The van der Waals surface area contributed by atoms with Gasteiger partial charge in [-0.05, 0) is 64.9 Å². The van der Waals surface area contributed by atoms with Gasteiger partial charge in [0, 0.05) is 17.1 Å². The summed E-state index contributed by atoms with van der Waals surface area (Å²) in [5.74, 6) is 0. The fourth-order valence-electron chi connectivity index (χ4n) is 4.37. The Hall–Kier alpha value is -4.41. The van der Waals surface area contributed by atoms with Crippen molar-refractivity contribution in [3.8, 4) is 0 Å². The number of nitrogens with zero attached hydrogens (tertiary/aromatic N) is 3. The lowest BCUT2D eigenvalue weighted by molar-refractivity contribution is 0.408. The minimum Gasteiger partial charge on any atom is -0.371 e. The fraction of sp³-hybridized carbons (Fsp3) is 0.0938. The number of fused-ring (bicyclic) bond motifs is 1. The standard InChI is InChI=1S/C32H27N3O/c1-3-11-28(12-4-1)35(29-13-5-2-6-14-29)30-18-15-25(16-19-30)22-33-34(23-32-24-36-32)31-20-17-26-9-7-8-10-27(26)21-31/h1-22,32H,23-24H2. The molecule has 5 aromatic rings. The van der Waals surface area contributed by atoms with E-state index in [4.69, 9.17) is 9.84 Å². The molecule has 1 fully saturated rings. The lowest BCUT2D eigenvalue weighted by Crippen LogP contribution is -2.22. The second-order valence-electron chi connectivity index (χ2n) is 8.91. The molecule has 4 heteroatoms. The van der Waals surface area contributed by atoms with Crippen LogP contribution in [0.25, 0.3) is 10.8 Å². The van der Waals surface area contributed by atoms with Gasteiger partial charge in [0.1, 0.15) is 6.10 Å². The molecule has 5 aromatic carbocycles. The van der Waals surface area contributed by atoms with Crippen LogP contribution < -0.4 is 9.91 Å². The van der Waals surface area contributed by atoms with Crippen LogP contribution in [-0.4, -0.2) is 25.5 Å². The van der Waals surface area contributed by atoms with Gasteiger partial charge >= 0.3 is 0 Å². The average molecular weight is 470 g/mol. The van der Waals surface area contributed by atoms with Crippen LogP contribution in [0.2, 0.25) is 0 Å². The highest BCUT2D eigenvalue weighted by Crippen LogP contribution is 2.34. The molecule has 1 saturated heterocycles. The van der Waals surface area contributed by atoms with Crippen LogP contribution in [0.5, 0.6) is 0 Å². The molecule has 0 saturated carbocycles. The van der Waals surface area contributed by atoms with Gasteiger partial charge < -0.3 is 9.64 Å². The Morgan fingerprint density at radius 3 is 1.83 bits per heavy atom. The minimum atomic E-state index is 0.237. The van der Waals surface area contributed by atoms with E-state index in [9.17, 15) is 0 Å². The molecule has 0 spiro atoms. The highest BCUT2D eigenvalue weighted by molar-refractivity contribution is 5.87. The van der Waals surface area contributed by atoms with Crippen LogP contribution in [0.3, 0.4) is 0 Å². The summed E-state index contributed by atoms with van der Waals surface area (Å²) in [5, 5.41) is 9.33. The molecule has 1 atom stereocenters. The second-order valence-corrected chi connectivity index (χ2v) is 8.91. The van der Waals surface area contributed by atoms with E-state index in [0.717, 1.165) is 41.5 Å². The molecule has 1 aliphatic heterocycles. The Morgan fingerprint density at radius 2 is 1.19 bits per heavy atom. The Labute approximate surface area is 211 Å². The molecule has 0 amide bonds. The van der Waals surface area contributed by atoms with Gasteiger partial charge in [0.25, 0.3) is 0 Å². The number of hydrogen-bond acceptors (Lipinski definition) is 4. The number of hydrogen-bond donors (Lipinski definition) is 0. The maximum absolute atomic E-state index is 5.51. The normalized spacial score (nSPS) is 14.7. The highest BCUT2D eigenvalue weighted by atomic mass is 16.6. The third-order valence-corrected chi connectivity index (χ3v) is 6.34. The zero-order chi connectivity index (χ0) is 24.2. The summed E-state index contributed by atoms with van der Waals surface area (Å²) < 4.78 is 5.51. The van der Waals surface area contributed by atoms with E-state index in [2.05, 4.69) is 120 Å². The molecule has 6 rings (SSSR count). The smallest absolute Gasteiger partial charge is 0.101 e. The maximum Gasteiger partial charge on any atom is 0.101 e. The van der Waals surface area contributed by atoms with E-state index < -0.39 is 0 Å². The molecule has 176 valence electrons. The summed E-state index contributed by atoms with van der Waals surface area (Å²) in [4.78, 5) is 2.26. The van der Waals surface area contributed by atoms with Gasteiger partial charge in [-0.3, -0.25) is 5.01 Å². The largest absolute Gasteiger partial charge is 0.371 e. The van der Waals surface area contributed by atoms with Gasteiger partial charge in [-0.1, -0.05) is 78.9 Å². The molecule has 1 heterocycles. The number of hydrazone groups is 1. The minimum absolute atomic E-state index is 0.237. The predicted octanol–water partition coefficient (Wildman–Crippen LogP) is 7.55. The summed E-state index contributed by atoms with van der Waals surface area (Å²) in [6.07, 6.45) is 2.16. The quantitative estimate of drug-likeness (QED) is 0.134. The Bertz CT molecular complexity index is 1420. The molecule has 0 aromatic heterocycles. The first-order valence-corrected chi connectivity index (χ1v) is 12.3. The molecular weight excluding hydrogens is 442 g/mol. The van der Waals surface area contributed by atoms with Crippen molar-refractivity contribution in [1.82, 2.24) is 0 Å². The van der Waals surface area contributed by atoms with Crippen molar-refractivity contribution in [2.24, 2.45) is 5.10 Å². The predicted molar refractivity (Wildman–Crippen MR) is 150 cm³/mol. The summed E-state index contributed by atoms with van der Waals surface area (Å²) >= 11 is 0. The van der Waals surface area contributed by atoms with Crippen molar-refractivity contribution in [2.75, 3.05) is 23.1 Å². The number of rotatable bonds is 8. The monoisotopic (exact) mass is 469 g/mol. The molecule has 1 unspecified atom stereocenters. The van der Waals surface area contributed by atoms with E-state index in [0.29, 0.717) is 0 Å². The average Bonchev–Trinajstić information content (AvgIpc) is 3.77. The molecule has 1 aliphatic rings. The van der Waals surface area contributed by atoms with Crippen LogP contribution in [-0.2, 0) is 4.74 Å². The zero-order valence-corrected chi connectivity index (χ0v) is 19.9. The zero-order valence-electron chi connectivity index (χ0n) is 19.9. The molecule has 0 radical (unpaired) electrons. The molecule has 4 nitrogen and oxygen atoms in total. The maximum atomic E-state index is 5.51. The van der Waals surface area contributed by atoms with Gasteiger partial charge in [-0.2, -0.15) is 5.10 Å². The van der Waals surface area contributed by atoms with Gasteiger partial charge in [0.15, 0.2) is 0 Å². The lowest BCUT2D eigenvalue weighted by atomic mass is 10.1. The lowest BCUT2D eigenvalue weighted by Gasteiger charge is -2.25. The Kier molecular flexibility index (Phi) is 6.17. The summed E-state index contributed by atoms with van der Waals surface area (Å²) in [7, 11) is 0. The second kappa shape index (κ2) is 10.1. The number of benzene rings is 5. The van der Waals surface area contributed by atoms with Gasteiger partial charge in [0.05, 0.1) is 25.1 Å². The van der Waals surface area contributed by atoms with E-state index in [-0.39, 0.29) is 6.10 Å². The van der Waals surface area contributed by atoms with Crippen LogP contribution in [0.1, 0.15) is 5.56 Å². The van der Waals surface area contributed by atoms with Crippen LogP contribution in [0.15, 0.2) is 132 Å². The number of epoxide rings is 1. The van der Waals surface area contributed by atoms with Crippen molar-refractivity contribution in [2.45, 2.75) is 6.10 Å². The van der Waals surface area contributed by atoms with Crippen molar-refractivity contribution in [3.05, 3.63) is 133 Å². The SMILES string of the molecule is C(=NN(CC1CO1)c1ccc2ccccc2c1)c1ccc(N(c2ccccc2)c2ccccc2)cc1. The van der Waals surface area contributed by atoms with Crippen LogP contribution in [0, 0.1) is 0 Å². The number of anilines is 4. The molecule has 36 heavy (non-hydrogen) atoms. The molecular formula is C32H27N3O. The van der Waals surface area contributed by atoms with Crippen molar-refractivity contribution in [3.63, 3.8) is 0 Å². The molecule has 0 aliphatic carbocycles. The third kappa shape index (κ3) is 4.99. The molecule has 0 N–H and O–H groups in total. The first-order valence-electron chi connectivity index (χ1n) is 12.3. The summed E-state index contributed by atoms with van der Waals surface area (Å²) in [6.45, 7) is 1.53. The van der Waals surface area contributed by atoms with E-state index in [1.165, 1.54) is 10.8 Å². The van der Waals surface area contributed by atoms with Gasteiger partial charge in [0.2, 0.25) is 0 Å². The number of para-hydroxylation sites is 2. The summed E-state index contributed by atoms with van der Waals surface area (Å²) in [6, 6.07) is 44.3. The first kappa shape index (κ1) is 22.1. The first-order chi connectivity index (χ1) is 17.8. The molecule has 0 bridgehead atoms. The van der Waals surface area contributed by atoms with Gasteiger partial charge in [-0.15, -0.1) is 0 Å². The van der Waals surface area contributed by atoms with Gasteiger partial charge in [-0.25, -0.2) is 0 Å². The van der Waals surface area contributed by atoms with Crippen molar-refractivity contribution < 1.29 is 4.74 Å². The van der Waals surface area contributed by atoms with Crippen LogP contribution >= 0.6 is 0 Å². The van der Waals surface area contributed by atoms with E-state index >= 15 is 0 Å². The van der Waals surface area contributed by atoms with E-state index in [1.807, 2.05) is 23.4 Å². The Balaban J connectivity index is 1.27. The Morgan fingerprint density at radius 1 is 0.639 bits per heavy atom. The van der Waals surface area contributed by atoms with E-state index in [1.54, 1.807) is 0 Å².